The average molecular weight is 331 g/mol. The molecule has 0 saturated carbocycles. The van der Waals surface area contributed by atoms with Crippen molar-refractivity contribution in [1.29, 1.82) is 5.26 Å². The van der Waals surface area contributed by atoms with E-state index in [1.54, 1.807) is 6.07 Å². The molecule has 0 unspecified atom stereocenters. The molecule has 0 bridgehead atoms. The summed E-state index contributed by atoms with van der Waals surface area (Å²) in [4.78, 5) is 25.3. The molecule has 6 heteroatoms. The number of allylic oxidation sites excluding steroid dienone is 1. The lowest BCUT2D eigenvalue weighted by molar-refractivity contribution is -0.384. The molecule has 0 atom stereocenters. The lowest BCUT2D eigenvalue weighted by Crippen LogP contribution is -2.09. The van der Waals surface area contributed by atoms with E-state index in [1.165, 1.54) is 30.3 Å². The number of fused-ring (bicyclic) bond motifs is 1. The monoisotopic (exact) mass is 331 g/mol. The van der Waals surface area contributed by atoms with Gasteiger partial charge in [-0.25, -0.2) is 0 Å². The second-order valence-corrected chi connectivity index (χ2v) is 5.62. The molecule has 0 aliphatic heterocycles. The predicted octanol–water partition coefficient (Wildman–Crippen LogP) is 3.81. The minimum atomic E-state index is -0.504. The molecule has 1 aromatic heterocycles. The number of aromatic amines is 1. The number of nitrogens with zero attached hydrogens (tertiary/aromatic N) is 2. The molecule has 0 radical (unpaired) electrons. The average Bonchev–Trinajstić information content (AvgIpc) is 2.60. The van der Waals surface area contributed by atoms with Gasteiger partial charge in [-0.05, 0) is 53.8 Å². The SMILES string of the molecule is Cc1ccc2cc(/C=C(\C#N)c3ccc([N+](=O)[O-])cc3)c(=O)[nH]c2c1. The van der Waals surface area contributed by atoms with Crippen LogP contribution in [0.4, 0.5) is 5.69 Å². The van der Waals surface area contributed by atoms with E-state index in [2.05, 4.69) is 4.98 Å². The van der Waals surface area contributed by atoms with E-state index in [1.807, 2.05) is 31.2 Å². The van der Waals surface area contributed by atoms with Crippen molar-refractivity contribution in [2.75, 3.05) is 0 Å². The maximum absolute atomic E-state index is 12.3. The molecule has 0 saturated heterocycles. The number of pyridine rings is 1. The summed E-state index contributed by atoms with van der Waals surface area (Å²) in [5.74, 6) is 0. The van der Waals surface area contributed by atoms with Crippen LogP contribution in [0, 0.1) is 28.4 Å². The molecule has 1 heterocycles. The molecule has 0 amide bonds. The maximum atomic E-state index is 12.3. The van der Waals surface area contributed by atoms with Gasteiger partial charge < -0.3 is 4.98 Å². The predicted molar refractivity (Wildman–Crippen MR) is 95.9 cm³/mol. The highest BCUT2D eigenvalue weighted by Crippen LogP contribution is 2.21. The van der Waals surface area contributed by atoms with Gasteiger partial charge >= 0.3 is 0 Å². The molecular formula is C19H13N3O3. The number of nitrogens with one attached hydrogen (secondary N) is 1. The van der Waals surface area contributed by atoms with Crippen molar-refractivity contribution in [3.63, 3.8) is 0 Å². The number of nitro groups is 1. The third kappa shape index (κ3) is 3.31. The van der Waals surface area contributed by atoms with E-state index < -0.39 is 4.92 Å². The Morgan fingerprint density at radius 2 is 1.92 bits per heavy atom. The molecular weight excluding hydrogens is 318 g/mol. The Morgan fingerprint density at radius 3 is 2.56 bits per heavy atom. The van der Waals surface area contributed by atoms with Gasteiger partial charge in [0.15, 0.2) is 0 Å². The van der Waals surface area contributed by atoms with E-state index in [9.17, 15) is 20.2 Å². The second-order valence-electron chi connectivity index (χ2n) is 5.62. The number of non-ortho nitro benzene ring substituents is 1. The zero-order chi connectivity index (χ0) is 18.0. The summed E-state index contributed by atoms with van der Waals surface area (Å²) < 4.78 is 0. The second kappa shape index (κ2) is 6.42. The van der Waals surface area contributed by atoms with Crippen molar-refractivity contribution in [3.8, 4) is 6.07 Å². The first-order valence-electron chi connectivity index (χ1n) is 7.48. The Balaban J connectivity index is 2.08. The first-order valence-corrected chi connectivity index (χ1v) is 7.48. The Kier molecular flexibility index (Phi) is 4.14. The fourth-order valence-electron chi connectivity index (χ4n) is 2.54. The fourth-order valence-corrected chi connectivity index (χ4v) is 2.54. The number of H-pyrrole nitrogens is 1. The van der Waals surface area contributed by atoms with Crippen molar-refractivity contribution in [3.05, 3.63) is 85.7 Å². The van der Waals surface area contributed by atoms with Gasteiger partial charge in [0.05, 0.1) is 16.6 Å². The maximum Gasteiger partial charge on any atom is 0.269 e. The van der Waals surface area contributed by atoms with Crippen LogP contribution in [0.1, 0.15) is 16.7 Å². The van der Waals surface area contributed by atoms with Gasteiger partial charge in [0.25, 0.3) is 11.2 Å². The smallest absolute Gasteiger partial charge is 0.269 e. The van der Waals surface area contributed by atoms with Gasteiger partial charge in [0.1, 0.15) is 0 Å². The number of nitriles is 1. The van der Waals surface area contributed by atoms with Gasteiger partial charge in [-0.3, -0.25) is 14.9 Å². The normalized spacial score (nSPS) is 11.3. The van der Waals surface area contributed by atoms with E-state index in [4.69, 9.17) is 0 Å². The van der Waals surface area contributed by atoms with Gasteiger partial charge in [-0.15, -0.1) is 0 Å². The number of aryl methyl sites for hydroxylation is 1. The number of hydrogen-bond acceptors (Lipinski definition) is 4. The summed E-state index contributed by atoms with van der Waals surface area (Å²) in [5, 5.41) is 21.0. The van der Waals surface area contributed by atoms with Crippen LogP contribution >= 0.6 is 0 Å². The van der Waals surface area contributed by atoms with Crippen molar-refractivity contribution in [1.82, 2.24) is 4.98 Å². The molecule has 122 valence electrons. The van der Waals surface area contributed by atoms with Crippen LogP contribution in [0.25, 0.3) is 22.6 Å². The van der Waals surface area contributed by atoms with Gasteiger partial charge in [0, 0.05) is 23.2 Å². The van der Waals surface area contributed by atoms with Crippen LogP contribution in [-0.4, -0.2) is 9.91 Å². The Morgan fingerprint density at radius 1 is 1.20 bits per heavy atom. The van der Waals surface area contributed by atoms with Crippen molar-refractivity contribution >= 4 is 28.2 Å². The molecule has 0 aliphatic rings. The van der Waals surface area contributed by atoms with Crippen LogP contribution in [0.2, 0.25) is 0 Å². The van der Waals surface area contributed by atoms with E-state index in [0.29, 0.717) is 11.1 Å². The molecule has 3 aromatic rings. The molecule has 3 rings (SSSR count). The standard InChI is InChI=1S/C19H13N3O3/c1-12-2-3-14-9-15(19(23)21-18(14)8-12)10-16(11-20)13-4-6-17(7-5-13)22(24)25/h2-10H,1H3,(H,21,23)/b16-10+. The molecule has 6 nitrogen and oxygen atoms in total. The van der Waals surface area contributed by atoms with Crippen LogP contribution in [0.3, 0.4) is 0 Å². The molecule has 0 fully saturated rings. The number of aromatic nitrogens is 1. The number of hydrogen-bond donors (Lipinski definition) is 1. The Labute approximate surface area is 142 Å². The number of rotatable bonds is 3. The largest absolute Gasteiger partial charge is 0.321 e. The molecule has 25 heavy (non-hydrogen) atoms. The van der Waals surface area contributed by atoms with E-state index in [-0.39, 0.29) is 16.8 Å². The molecule has 0 spiro atoms. The number of nitro benzene ring substituents is 1. The molecule has 1 N–H and O–H groups in total. The summed E-state index contributed by atoms with van der Waals surface area (Å²) in [6, 6.07) is 15.1. The minimum Gasteiger partial charge on any atom is -0.321 e. The highest BCUT2D eigenvalue weighted by atomic mass is 16.6. The summed E-state index contributed by atoms with van der Waals surface area (Å²) in [6.45, 7) is 1.94. The van der Waals surface area contributed by atoms with E-state index >= 15 is 0 Å². The van der Waals surface area contributed by atoms with Crippen LogP contribution < -0.4 is 5.56 Å². The van der Waals surface area contributed by atoms with Gasteiger partial charge in [-0.1, -0.05) is 12.1 Å². The topological polar surface area (TPSA) is 99.8 Å². The van der Waals surface area contributed by atoms with Crippen LogP contribution in [0.15, 0.2) is 53.3 Å². The molecule has 2 aromatic carbocycles. The van der Waals surface area contributed by atoms with Gasteiger partial charge in [0.2, 0.25) is 0 Å². The third-order valence-corrected chi connectivity index (χ3v) is 3.84. The van der Waals surface area contributed by atoms with Crippen molar-refractivity contribution in [2.24, 2.45) is 0 Å². The molecule has 0 aliphatic carbocycles. The summed E-state index contributed by atoms with van der Waals surface area (Å²) in [7, 11) is 0. The van der Waals surface area contributed by atoms with E-state index in [0.717, 1.165) is 16.5 Å². The first-order chi connectivity index (χ1) is 12.0. The lowest BCUT2D eigenvalue weighted by atomic mass is 10.0. The van der Waals surface area contributed by atoms with Gasteiger partial charge in [-0.2, -0.15) is 5.26 Å². The van der Waals surface area contributed by atoms with Crippen LogP contribution in [0.5, 0.6) is 0 Å². The summed E-state index contributed by atoms with van der Waals surface area (Å²) in [5.41, 5.74) is 2.54. The Hall–Kier alpha value is -3.72. The third-order valence-electron chi connectivity index (χ3n) is 3.84. The zero-order valence-electron chi connectivity index (χ0n) is 13.3. The van der Waals surface area contributed by atoms with Crippen molar-refractivity contribution in [2.45, 2.75) is 6.92 Å². The highest BCUT2D eigenvalue weighted by Gasteiger charge is 2.08. The summed E-state index contributed by atoms with van der Waals surface area (Å²) in [6.07, 6.45) is 1.49. The quantitative estimate of drug-likeness (QED) is 0.448. The van der Waals surface area contributed by atoms with Crippen molar-refractivity contribution < 1.29 is 4.92 Å². The fraction of sp³-hybridized carbons (Fsp3) is 0.0526. The minimum absolute atomic E-state index is 0.0556. The highest BCUT2D eigenvalue weighted by molar-refractivity contribution is 5.91. The lowest BCUT2D eigenvalue weighted by Gasteiger charge is -2.03. The van der Waals surface area contributed by atoms with Crippen LogP contribution in [-0.2, 0) is 0 Å². The summed E-state index contributed by atoms with van der Waals surface area (Å²) >= 11 is 0. The number of benzene rings is 2. The Bertz CT molecular complexity index is 1100. The first kappa shape index (κ1) is 16.1. The zero-order valence-corrected chi connectivity index (χ0v) is 13.3.